The number of carbonyl (C=O) groups is 5. The van der Waals surface area contributed by atoms with Gasteiger partial charge in [-0.1, -0.05) is 12.1 Å². The van der Waals surface area contributed by atoms with Gasteiger partial charge in [-0.2, -0.15) is 0 Å². The van der Waals surface area contributed by atoms with Gasteiger partial charge in [0.15, 0.2) is 5.78 Å². The lowest BCUT2D eigenvalue weighted by molar-refractivity contribution is -0.134. The molecule has 1 aromatic rings. The van der Waals surface area contributed by atoms with Crippen molar-refractivity contribution < 1.29 is 38.2 Å². The fourth-order valence-electron chi connectivity index (χ4n) is 5.11. The van der Waals surface area contributed by atoms with Gasteiger partial charge in [-0.15, -0.1) is 0 Å². The molecule has 4 rings (SSSR count). The summed E-state index contributed by atoms with van der Waals surface area (Å²) in [6, 6.07) is 4.18. The van der Waals surface area contributed by atoms with Crippen molar-refractivity contribution in [2.24, 2.45) is 5.92 Å². The molecule has 0 radical (unpaired) electrons. The van der Waals surface area contributed by atoms with E-state index in [-0.39, 0.29) is 61.9 Å². The van der Waals surface area contributed by atoms with Crippen molar-refractivity contribution in [1.82, 2.24) is 26.6 Å². The molecule has 0 spiro atoms. The Morgan fingerprint density at radius 3 is 2.38 bits per heavy atom. The largest absolute Gasteiger partial charge is 0.497 e. The maximum absolute atomic E-state index is 13.7. The molecular formula is C29H41N5O8. The van der Waals surface area contributed by atoms with Gasteiger partial charge in [0, 0.05) is 32.5 Å². The fraction of sp³-hybridized carbons (Fsp3) is 0.621. The maximum atomic E-state index is 13.7. The van der Waals surface area contributed by atoms with Gasteiger partial charge in [0.25, 0.3) is 0 Å². The molecule has 6 atom stereocenters. The van der Waals surface area contributed by atoms with Gasteiger partial charge in [-0.05, 0) is 43.9 Å². The van der Waals surface area contributed by atoms with Crippen LogP contribution >= 0.6 is 0 Å². The summed E-state index contributed by atoms with van der Waals surface area (Å²) in [5, 5.41) is 14.2. The van der Waals surface area contributed by atoms with Crippen molar-refractivity contribution in [2.45, 2.75) is 69.4 Å². The molecule has 2 unspecified atom stereocenters. The number of Topliss-reactive ketones (excluding diaryl/α,β-unsaturated/α-hetero) is 1. The molecule has 0 aromatic heterocycles. The molecule has 0 saturated carbocycles. The standard InChI is InChI=1S/C29H41N5O8/c1-17(32-25(36)13-21-15-30-8-9-41-21)27(38)34-23(10-18-4-6-20(40-3)7-5-18)28(39)33-22(26(37)29(2)16-42-29)11-19-12-24(35)31-14-19/h4-7,17,19,21-23,30H,8-16H2,1-3H3,(H,31,35)(H,32,36)(H,33,39)(H,34,38)/t17-,19?,21?,22-,23-,29+/m0/s1. The number of hydrogen-bond acceptors (Lipinski definition) is 9. The summed E-state index contributed by atoms with van der Waals surface area (Å²) in [4.78, 5) is 64.4. The first kappa shape index (κ1) is 31.4. The number of morpholine rings is 1. The first-order valence-corrected chi connectivity index (χ1v) is 14.4. The third-order valence-electron chi connectivity index (χ3n) is 7.78. The Morgan fingerprint density at radius 2 is 1.79 bits per heavy atom. The minimum absolute atomic E-state index is 0.0987. The van der Waals surface area contributed by atoms with Crippen molar-refractivity contribution in [3.05, 3.63) is 29.8 Å². The maximum Gasteiger partial charge on any atom is 0.243 e. The van der Waals surface area contributed by atoms with Crippen molar-refractivity contribution in [3.8, 4) is 5.75 Å². The SMILES string of the molecule is COc1ccc(C[C@H](NC(=O)[C@H](C)NC(=O)CC2CNCCO2)C(=O)N[C@@H](CC2CNC(=O)C2)C(=O)[C@@]2(C)CO2)cc1. The predicted molar refractivity (Wildman–Crippen MR) is 150 cm³/mol. The van der Waals surface area contributed by atoms with E-state index in [4.69, 9.17) is 14.2 Å². The molecule has 0 aliphatic carbocycles. The van der Waals surface area contributed by atoms with Crippen molar-refractivity contribution in [2.75, 3.05) is 40.0 Å². The van der Waals surface area contributed by atoms with Crippen LogP contribution in [0.1, 0.15) is 38.7 Å². The molecule has 230 valence electrons. The average Bonchev–Trinajstić information content (AvgIpc) is 3.60. The number of benzene rings is 1. The number of epoxide rings is 1. The molecule has 42 heavy (non-hydrogen) atoms. The van der Waals surface area contributed by atoms with E-state index < -0.39 is 35.5 Å². The zero-order valence-electron chi connectivity index (χ0n) is 24.3. The van der Waals surface area contributed by atoms with Crippen LogP contribution in [0, 0.1) is 5.92 Å². The number of ketones is 1. The van der Waals surface area contributed by atoms with Crippen molar-refractivity contribution >= 4 is 29.4 Å². The van der Waals surface area contributed by atoms with E-state index in [1.807, 2.05) is 0 Å². The number of methoxy groups -OCH3 is 1. The lowest BCUT2D eigenvalue weighted by atomic mass is 9.91. The Kier molecular flexibility index (Phi) is 10.5. The minimum Gasteiger partial charge on any atom is -0.497 e. The summed E-state index contributed by atoms with van der Waals surface area (Å²) >= 11 is 0. The van der Waals surface area contributed by atoms with Crippen LogP contribution < -0.4 is 31.3 Å². The van der Waals surface area contributed by atoms with Gasteiger partial charge < -0.3 is 40.8 Å². The minimum atomic E-state index is -1.05. The van der Waals surface area contributed by atoms with Crippen LogP contribution in [-0.2, 0) is 39.9 Å². The monoisotopic (exact) mass is 587 g/mol. The Bertz CT molecular complexity index is 1150. The van der Waals surface area contributed by atoms with E-state index in [2.05, 4.69) is 26.6 Å². The third-order valence-corrected chi connectivity index (χ3v) is 7.78. The van der Waals surface area contributed by atoms with Crippen molar-refractivity contribution in [1.29, 1.82) is 0 Å². The number of hydrogen-bond donors (Lipinski definition) is 5. The zero-order chi connectivity index (χ0) is 30.3. The van der Waals surface area contributed by atoms with E-state index in [0.29, 0.717) is 25.4 Å². The van der Waals surface area contributed by atoms with Crippen LogP contribution in [-0.4, -0.2) is 99.2 Å². The molecule has 1 aromatic carbocycles. The molecule has 3 aliphatic rings. The van der Waals surface area contributed by atoms with Crippen molar-refractivity contribution in [3.63, 3.8) is 0 Å². The summed E-state index contributed by atoms with van der Waals surface area (Å²) in [7, 11) is 1.55. The van der Waals surface area contributed by atoms with Gasteiger partial charge >= 0.3 is 0 Å². The number of carbonyl (C=O) groups excluding carboxylic acids is 5. The van der Waals surface area contributed by atoms with Crippen LogP contribution in [0.15, 0.2) is 24.3 Å². The third kappa shape index (κ3) is 8.73. The highest BCUT2D eigenvalue weighted by Crippen LogP contribution is 2.30. The molecule has 0 bridgehead atoms. The second-order valence-corrected chi connectivity index (χ2v) is 11.4. The summed E-state index contributed by atoms with van der Waals surface area (Å²) in [5.41, 5.74) is -0.236. The highest BCUT2D eigenvalue weighted by atomic mass is 16.6. The highest BCUT2D eigenvalue weighted by Gasteiger charge is 2.50. The van der Waals surface area contributed by atoms with E-state index in [0.717, 1.165) is 12.1 Å². The molecule has 3 aliphatic heterocycles. The number of amides is 4. The molecule has 3 heterocycles. The Labute approximate surface area is 245 Å². The molecule has 4 amide bonds. The Morgan fingerprint density at radius 1 is 1.07 bits per heavy atom. The van der Waals surface area contributed by atoms with E-state index in [1.54, 1.807) is 38.3 Å². The summed E-state index contributed by atoms with van der Waals surface area (Å²) in [6.45, 7) is 5.67. The summed E-state index contributed by atoms with van der Waals surface area (Å²) in [6.07, 6.45) is 0.476. The molecule has 3 fully saturated rings. The highest BCUT2D eigenvalue weighted by molar-refractivity contribution is 5.98. The quantitative estimate of drug-likeness (QED) is 0.171. The second-order valence-electron chi connectivity index (χ2n) is 11.4. The van der Waals surface area contributed by atoms with Crippen LogP contribution in [0.2, 0.25) is 0 Å². The van der Waals surface area contributed by atoms with E-state index >= 15 is 0 Å². The topological polar surface area (TPSA) is 176 Å². The van der Waals surface area contributed by atoms with Gasteiger partial charge in [-0.3, -0.25) is 24.0 Å². The second kappa shape index (κ2) is 14.1. The first-order chi connectivity index (χ1) is 20.1. The van der Waals surface area contributed by atoms with E-state index in [1.165, 1.54) is 6.92 Å². The van der Waals surface area contributed by atoms with Gasteiger partial charge in [0.05, 0.1) is 38.9 Å². The summed E-state index contributed by atoms with van der Waals surface area (Å²) in [5.74, 6) is -1.30. The lowest BCUT2D eigenvalue weighted by Crippen LogP contribution is -2.57. The number of ether oxygens (including phenoxy) is 3. The fourth-order valence-corrected chi connectivity index (χ4v) is 5.11. The molecule has 13 nitrogen and oxygen atoms in total. The predicted octanol–water partition coefficient (Wildman–Crippen LogP) is -1.03. The Hall–Kier alpha value is -3.55. The smallest absolute Gasteiger partial charge is 0.243 e. The molecule has 13 heteroatoms. The lowest BCUT2D eigenvalue weighted by Gasteiger charge is -2.27. The normalized spacial score (nSPS) is 25.4. The van der Waals surface area contributed by atoms with Crippen LogP contribution in [0.4, 0.5) is 0 Å². The number of nitrogens with one attached hydrogen (secondary N) is 5. The number of rotatable bonds is 14. The molecule has 5 N–H and O–H groups in total. The van der Waals surface area contributed by atoms with Crippen LogP contribution in [0.25, 0.3) is 0 Å². The van der Waals surface area contributed by atoms with E-state index in [9.17, 15) is 24.0 Å². The van der Waals surface area contributed by atoms with Crippen LogP contribution in [0.3, 0.4) is 0 Å². The van der Waals surface area contributed by atoms with Gasteiger partial charge in [0.1, 0.15) is 23.4 Å². The zero-order valence-corrected chi connectivity index (χ0v) is 24.3. The van der Waals surface area contributed by atoms with Crippen LogP contribution in [0.5, 0.6) is 5.75 Å². The molecule has 3 saturated heterocycles. The van der Waals surface area contributed by atoms with Gasteiger partial charge in [0.2, 0.25) is 23.6 Å². The van der Waals surface area contributed by atoms with Gasteiger partial charge in [-0.25, -0.2) is 0 Å². The first-order valence-electron chi connectivity index (χ1n) is 14.4. The average molecular weight is 588 g/mol. The Balaban J connectivity index is 1.44. The molecular weight excluding hydrogens is 546 g/mol. The summed E-state index contributed by atoms with van der Waals surface area (Å²) < 4.78 is 16.1.